The van der Waals surface area contributed by atoms with Gasteiger partial charge in [-0.2, -0.15) is 0 Å². The Morgan fingerprint density at radius 1 is 1.27 bits per heavy atom. The summed E-state index contributed by atoms with van der Waals surface area (Å²) >= 11 is 0. The highest BCUT2D eigenvalue weighted by molar-refractivity contribution is 5.94. The first-order chi connectivity index (χ1) is 10.6. The molecule has 0 aromatic heterocycles. The first kappa shape index (κ1) is 15.7. The molecule has 0 aliphatic heterocycles. The van der Waals surface area contributed by atoms with Crippen LogP contribution in [0.2, 0.25) is 0 Å². The fourth-order valence-electron chi connectivity index (χ4n) is 1.90. The van der Waals surface area contributed by atoms with E-state index in [4.69, 9.17) is 9.57 Å². The summed E-state index contributed by atoms with van der Waals surface area (Å²) in [6.45, 7) is 1.64. The Labute approximate surface area is 128 Å². The van der Waals surface area contributed by atoms with E-state index < -0.39 is 0 Å². The maximum absolute atomic E-state index is 13.0. The lowest BCUT2D eigenvalue weighted by Crippen LogP contribution is -1.98. The molecule has 0 heterocycles. The van der Waals surface area contributed by atoms with Crippen molar-refractivity contribution in [1.82, 2.24) is 0 Å². The zero-order valence-corrected chi connectivity index (χ0v) is 12.4. The molecule has 5 heteroatoms. The van der Waals surface area contributed by atoms with Gasteiger partial charge in [0.25, 0.3) is 0 Å². The van der Waals surface area contributed by atoms with Gasteiger partial charge in [0.2, 0.25) is 0 Å². The van der Waals surface area contributed by atoms with E-state index in [1.54, 1.807) is 37.4 Å². The van der Waals surface area contributed by atoms with Gasteiger partial charge in [-0.3, -0.25) is 4.79 Å². The lowest BCUT2D eigenvalue weighted by molar-refractivity contribution is 0.101. The van der Waals surface area contributed by atoms with Crippen LogP contribution < -0.4 is 4.74 Å². The number of benzene rings is 2. The summed E-state index contributed by atoms with van der Waals surface area (Å²) in [5.74, 6) is 0.248. The van der Waals surface area contributed by atoms with Gasteiger partial charge >= 0.3 is 0 Å². The standard InChI is InChI=1S/C17H16FNO3/c1-12(20)14-6-7-17(21-2)15(9-14)11-22-19-10-13-4-3-5-16(18)8-13/h3-10H,11H2,1-2H3/b19-10-. The molecule has 0 saturated carbocycles. The van der Waals surface area contributed by atoms with Gasteiger partial charge in [0.1, 0.15) is 18.2 Å². The van der Waals surface area contributed by atoms with Gasteiger partial charge in [-0.25, -0.2) is 4.39 Å². The van der Waals surface area contributed by atoms with Crippen molar-refractivity contribution in [2.24, 2.45) is 5.16 Å². The Morgan fingerprint density at radius 2 is 2.09 bits per heavy atom. The van der Waals surface area contributed by atoms with Gasteiger partial charge < -0.3 is 9.57 Å². The number of hydrogen-bond donors (Lipinski definition) is 0. The summed E-state index contributed by atoms with van der Waals surface area (Å²) in [6, 6.07) is 11.1. The molecule has 0 atom stereocenters. The van der Waals surface area contributed by atoms with Crippen LogP contribution in [-0.2, 0) is 11.4 Å². The summed E-state index contributed by atoms with van der Waals surface area (Å²) in [6.07, 6.45) is 1.42. The number of hydrogen-bond acceptors (Lipinski definition) is 4. The fourth-order valence-corrected chi connectivity index (χ4v) is 1.90. The highest BCUT2D eigenvalue weighted by Gasteiger charge is 2.07. The third-order valence-corrected chi connectivity index (χ3v) is 3.03. The van der Waals surface area contributed by atoms with Gasteiger partial charge in [0.05, 0.1) is 13.3 Å². The van der Waals surface area contributed by atoms with Crippen LogP contribution in [0.4, 0.5) is 4.39 Å². The SMILES string of the molecule is COc1ccc(C(C)=O)cc1CO/N=C\c1cccc(F)c1. The highest BCUT2D eigenvalue weighted by Crippen LogP contribution is 2.21. The van der Waals surface area contributed by atoms with Gasteiger partial charge in [0, 0.05) is 11.1 Å². The number of carbonyl (C=O) groups is 1. The second-order valence-electron chi connectivity index (χ2n) is 4.65. The van der Waals surface area contributed by atoms with Crippen molar-refractivity contribution in [2.75, 3.05) is 7.11 Å². The first-order valence-corrected chi connectivity index (χ1v) is 6.69. The highest BCUT2D eigenvalue weighted by atomic mass is 19.1. The minimum atomic E-state index is -0.334. The minimum absolute atomic E-state index is 0.0350. The minimum Gasteiger partial charge on any atom is -0.496 e. The number of carbonyl (C=O) groups excluding carboxylic acids is 1. The lowest BCUT2D eigenvalue weighted by atomic mass is 10.1. The number of ketones is 1. The van der Waals surface area contributed by atoms with Crippen LogP contribution in [0.5, 0.6) is 5.75 Å². The Hall–Kier alpha value is -2.69. The zero-order valence-electron chi connectivity index (χ0n) is 12.4. The Balaban J connectivity index is 2.04. The number of Topliss-reactive ketones (excluding diaryl/α,β-unsaturated/α-hetero) is 1. The summed E-state index contributed by atoms with van der Waals surface area (Å²) in [4.78, 5) is 16.6. The molecule has 0 fully saturated rings. The summed E-state index contributed by atoms with van der Waals surface area (Å²) in [5.41, 5.74) is 1.89. The average molecular weight is 301 g/mol. The van der Waals surface area contributed by atoms with E-state index in [2.05, 4.69) is 5.16 Å². The molecule has 0 spiro atoms. The van der Waals surface area contributed by atoms with Gasteiger partial charge in [-0.05, 0) is 42.8 Å². The monoisotopic (exact) mass is 301 g/mol. The molecule has 0 aliphatic rings. The first-order valence-electron chi connectivity index (χ1n) is 6.69. The normalized spacial score (nSPS) is 10.7. The predicted octanol–water partition coefficient (Wildman–Crippen LogP) is 3.59. The smallest absolute Gasteiger partial charge is 0.159 e. The van der Waals surface area contributed by atoms with Crippen molar-refractivity contribution in [2.45, 2.75) is 13.5 Å². The van der Waals surface area contributed by atoms with Crippen molar-refractivity contribution < 1.29 is 18.8 Å². The van der Waals surface area contributed by atoms with E-state index >= 15 is 0 Å². The number of ether oxygens (including phenoxy) is 1. The fraction of sp³-hybridized carbons (Fsp3) is 0.176. The molecule has 0 bridgehead atoms. The molecule has 2 aromatic rings. The van der Waals surface area contributed by atoms with Crippen LogP contribution in [0.25, 0.3) is 0 Å². The molecule has 22 heavy (non-hydrogen) atoms. The van der Waals surface area contributed by atoms with Gasteiger partial charge in [0.15, 0.2) is 5.78 Å². The second kappa shape index (κ2) is 7.36. The topological polar surface area (TPSA) is 47.9 Å². The Morgan fingerprint density at radius 3 is 2.77 bits per heavy atom. The quantitative estimate of drug-likeness (QED) is 0.465. The Kier molecular flexibility index (Phi) is 5.25. The molecule has 0 aliphatic carbocycles. The number of oxime groups is 1. The molecule has 0 saturated heterocycles. The van der Waals surface area contributed by atoms with Gasteiger partial charge in [-0.1, -0.05) is 17.3 Å². The van der Waals surface area contributed by atoms with E-state index in [0.29, 0.717) is 22.4 Å². The van der Waals surface area contributed by atoms with Crippen molar-refractivity contribution in [1.29, 1.82) is 0 Å². The molecule has 2 aromatic carbocycles. The van der Waals surface area contributed by atoms with E-state index in [-0.39, 0.29) is 18.2 Å². The number of methoxy groups -OCH3 is 1. The van der Waals surface area contributed by atoms with E-state index in [9.17, 15) is 9.18 Å². The van der Waals surface area contributed by atoms with Crippen LogP contribution in [0.1, 0.15) is 28.4 Å². The number of halogens is 1. The molecular formula is C17H16FNO3. The molecule has 114 valence electrons. The van der Waals surface area contributed by atoms with Crippen LogP contribution in [0, 0.1) is 5.82 Å². The van der Waals surface area contributed by atoms with Crippen molar-refractivity contribution in [3.63, 3.8) is 0 Å². The van der Waals surface area contributed by atoms with Gasteiger partial charge in [-0.15, -0.1) is 0 Å². The van der Waals surface area contributed by atoms with Crippen LogP contribution in [0.15, 0.2) is 47.6 Å². The zero-order chi connectivity index (χ0) is 15.9. The van der Waals surface area contributed by atoms with E-state index in [0.717, 1.165) is 0 Å². The Bertz CT molecular complexity index is 698. The molecule has 2 rings (SSSR count). The third-order valence-electron chi connectivity index (χ3n) is 3.03. The van der Waals surface area contributed by atoms with E-state index in [1.165, 1.54) is 25.3 Å². The summed E-state index contributed by atoms with van der Waals surface area (Å²) in [7, 11) is 1.54. The predicted molar refractivity (Wildman–Crippen MR) is 81.8 cm³/mol. The van der Waals surface area contributed by atoms with E-state index in [1.807, 2.05) is 0 Å². The van der Waals surface area contributed by atoms with Crippen molar-refractivity contribution in [3.8, 4) is 5.75 Å². The maximum atomic E-state index is 13.0. The molecule has 0 unspecified atom stereocenters. The molecule has 0 amide bonds. The number of nitrogens with zero attached hydrogens (tertiary/aromatic N) is 1. The average Bonchev–Trinajstić information content (AvgIpc) is 2.51. The van der Waals surface area contributed by atoms with Crippen LogP contribution >= 0.6 is 0 Å². The second-order valence-corrected chi connectivity index (χ2v) is 4.65. The van der Waals surface area contributed by atoms with Crippen molar-refractivity contribution in [3.05, 3.63) is 65.0 Å². The number of rotatable bonds is 6. The molecular weight excluding hydrogens is 285 g/mol. The third kappa shape index (κ3) is 4.15. The maximum Gasteiger partial charge on any atom is 0.159 e. The van der Waals surface area contributed by atoms with Crippen LogP contribution in [-0.4, -0.2) is 19.1 Å². The summed E-state index contributed by atoms with van der Waals surface area (Å²) in [5, 5.41) is 3.80. The van der Waals surface area contributed by atoms with Crippen LogP contribution in [0.3, 0.4) is 0 Å². The van der Waals surface area contributed by atoms with Crippen molar-refractivity contribution >= 4 is 12.0 Å². The molecule has 4 nitrogen and oxygen atoms in total. The lowest BCUT2D eigenvalue weighted by Gasteiger charge is -2.08. The largest absolute Gasteiger partial charge is 0.496 e. The molecule has 0 radical (unpaired) electrons. The molecule has 0 N–H and O–H groups in total. The summed E-state index contributed by atoms with van der Waals surface area (Å²) < 4.78 is 18.2.